The van der Waals surface area contributed by atoms with Crippen LogP contribution in [0.4, 0.5) is 5.00 Å². The van der Waals surface area contributed by atoms with Gasteiger partial charge in [-0.15, -0.1) is 11.3 Å². The molecule has 0 spiro atoms. The molecule has 4 heteroatoms. The predicted molar refractivity (Wildman–Crippen MR) is 75.2 cm³/mol. The van der Waals surface area contributed by atoms with Gasteiger partial charge in [-0.2, -0.15) is 0 Å². The number of amides is 1. The van der Waals surface area contributed by atoms with Gasteiger partial charge >= 0.3 is 0 Å². The Kier molecular flexibility index (Phi) is 3.06. The first-order valence-corrected chi connectivity index (χ1v) is 7.70. The van der Waals surface area contributed by atoms with Crippen molar-refractivity contribution >= 4 is 22.2 Å². The number of thiophene rings is 1. The van der Waals surface area contributed by atoms with Crippen LogP contribution in [0.2, 0.25) is 0 Å². The van der Waals surface area contributed by atoms with Gasteiger partial charge in [0.05, 0.1) is 10.6 Å². The van der Waals surface area contributed by atoms with Gasteiger partial charge in [-0.3, -0.25) is 4.79 Å². The fourth-order valence-electron chi connectivity index (χ4n) is 3.19. The molecule has 1 saturated heterocycles. The third kappa shape index (κ3) is 1.83. The molecule has 3 nitrogen and oxygen atoms in total. The van der Waals surface area contributed by atoms with Crippen LogP contribution in [0.3, 0.4) is 0 Å². The van der Waals surface area contributed by atoms with E-state index in [1.807, 2.05) is 4.90 Å². The molecular formula is C14H20N2OS. The molecule has 0 aromatic carbocycles. The molecule has 3 rings (SSSR count). The molecule has 1 aromatic heterocycles. The van der Waals surface area contributed by atoms with Crippen molar-refractivity contribution in [1.82, 2.24) is 4.90 Å². The van der Waals surface area contributed by atoms with Gasteiger partial charge in [0.15, 0.2) is 0 Å². The number of anilines is 1. The van der Waals surface area contributed by atoms with Gasteiger partial charge in [-0.1, -0.05) is 6.92 Å². The molecule has 0 radical (unpaired) electrons. The van der Waals surface area contributed by atoms with E-state index in [0.717, 1.165) is 42.9 Å². The van der Waals surface area contributed by atoms with Crippen molar-refractivity contribution in [3.8, 4) is 0 Å². The van der Waals surface area contributed by atoms with Gasteiger partial charge in [-0.25, -0.2) is 0 Å². The quantitative estimate of drug-likeness (QED) is 0.847. The summed E-state index contributed by atoms with van der Waals surface area (Å²) in [5, 5.41) is 0.738. The van der Waals surface area contributed by atoms with Gasteiger partial charge in [0.2, 0.25) is 0 Å². The summed E-state index contributed by atoms with van der Waals surface area (Å²) in [7, 11) is 0. The molecule has 18 heavy (non-hydrogen) atoms. The second-order valence-corrected chi connectivity index (χ2v) is 6.61. The number of hydrogen-bond acceptors (Lipinski definition) is 3. The van der Waals surface area contributed by atoms with Crippen molar-refractivity contribution in [2.75, 3.05) is 18.8 Å². The molecule has 1 atom stereocenters. The van der Waals surface area contributed by atoms with E-state index >= 15 is 0 Å². The highest BCUT2D eigenvalue weighted by molar-refractivity contribution is 7.16. The van der Waals surface area contributed by atoms with Gasteiger partial charge in [0.25, 0.3) is 5.91 Å². The Bertz CT molecular complexity index is 474. The number of hydrogen-bond donors (Lipinski definition) is 1. The Morgan fingerprint density at radius 1 is 1.33 bits per heavy atom. The van der Waals surface area contributed by atoms with E-state index in [9.17, 15) is 4.79 Å². The molecule has 1 fully saturated rings. The summed E-state index contributed by atoms with van der Waals surface area (Å²) in [6.45, 7) is 4.01. The number of piperidine rings is 1. The summed E-state index contributed by atoms with van der Waals surface area (Å²) in [5.74, 6) is 0.677. The lowest BCUT2D eigenvalue weighted by Crippen LogP contribution is -2.36. The van der Waals surface area contributed by atoms with Gasteiger partial charge < -0.3 is 10.6 Å². The summed E-state index contributed by atoms with van der Waals surface area (Å²) in [5.41, 5.74) is 8.19. The van der Waals surface area contributed by atoms with Crippen molar-refractivity contribution in [3.63, 3.8) is 0 Å². The Balaban J connectivity index is 1.94. The monoisotopic (exact) mass is 264 g/mol. The molecule has 2 heterocycles. The summed E-state index contributed by atoms with van der Waals surface area (Å²) in [4.78, 5) is 16.0. The maximum atomic E-state index is 12.6. The van der Waals surface area contributed by atoms with E-state index in [1.54, 1.807) is 11.3 Å². The number of carbonyl (C=O) groups excluding carboxylic acids is 1. The van der Waals surface area contributed by atoms with Crippen molar-refractivity contribution in [2.45, 2.75) is 44.9 Å². The summed E-state index contributed by atoms with van der Waals surface area (Å²) >= 11 is 1.63. The maximum absolute atomic E-state index is 12.6. The molecule has 1 aliphatic carbocycles. The molecule has 0 bridgehead atoms. The number of fused-ring (bicyclic) bond motifs is 1. The Morgan fingerprint density at radius 2 is 2.06 bits per heavy atom. The summed E-state index contributed by atoms with van der Waals surface area (Å²) in [6, 6.07) is 0. The standard InChI is InChI=1S/C14H20N2OS/c1-9-5-6-10-11(9)12(13(15)18-10)14(17)16-7-3-2-4-8-16/h9H,2-8,15H2,1H3. The number of nitrogens with two attached hydrogens (primary N) is 1. The van der Waals surface area contributed by atoms with E-state index < -0.39 is 0 Å². The predicted octanol–water partition coefficient (Wildman–Crippen LogP) is 3.01. The second-order valence-electron chi connectivity index (χ2n) is 5.47. The lowest BCUT2D eigenvalue weighted by atomic mass is 10.00. The third-order valence-corrected chi connectivity index (χ3v) is 5.30. The van der Waals surface area contributed by atoms with Crippen LogP contribution in [0.5, 0.6) is 0 Å². The first kappa shape index (κ1) is 12.0. The van der Waals surface area contributed by atoms with Crippen LogP contribution < -0.4 is 5.73 Å². The van der Waals surface area contributed by atoms with Crippen LogP contribution in [0.25, 0.3) is 0 Å². The van der Waals surface area contributed by atoms with E-state index in [2.05, 4.69) is 6.92 Å². The first-order valence-electron chi connectivity index (χ1n) is 6.88. The highest BCUT2D eigenvalue weighted by Crippen LogP contribution is 2.44. The SMILES string of the molecule is CC1CCc2sc(N)c(C(=O)N3CCCCC3)c21. The highest BCUT2D eigenvalue weighted by atomic mass is 32.1. The van der Waals surface area contributed by atoms with Crippen LogP contribution in [0.1, 0.15) is 59.3 Å². The average molecular weight is 264 g/mol. The topological polar surface area (TPSA) is 46.3 Å². The van der Waals surface area contributed by atoms with Crippen molar-refractivity contribution in [1.29, 1.82) is 0 Å². The van der Waals surface area contributed by atoms with E-state index in [1.165, 1.54) is 23.3 Å². The molecule has 1 amide bonds. The molecule has 0 saturated carbocycles. The van der Waals surface area contributed by atoms with Crippen LogP contribution >= 0.6 is 11.3 Å². The number of nitrogens with zero attached hydrogens (tertiary/aromatic N) is 1. The highest BCUT2D eigenvalue weighted by Gasteiger charge is 2.32. The van der Waals surface area contributed by atoms with Crippen LogP contribution in [-0.2, 0) is 6.42 Å². The zero-order chi connectivity index (χ0) is 12.7. The average Bonchev–Trinajstić information content (AvgIpc) is 2.89. The van der Waals surface area contributed by atoms with Crippen molar-refractivity contribution in [2.24, 2.45) is 0 Å². The molecule has 2 N–H and O–H groups in total. The van der Waals surface area contributed by atoms with E-state index in [-0.39, 0.29) is 5.91 Å². The molecule has 1 unspecified atom stereocenters. The number of carbonyl (C=O) groups is 1. The summed E-state index contributed by atoms with van der Waals surface area (Å²) < 4.78 is 0. The molecular weight excluding hydrogens is 244 g/mol. The minimum absolute atomic E-state index is 0.179. The second kappa shape index (κ2) is 4.57. The molecule has 98 valence electrons. The van der Waals surface area contributed by atoms with Gasteiger partial charge in [0, 0.05) is 18.0 Å². The fourth-order valence-corrected chi connectivity index (χ4v) is 4.38. The zero-order valence-electron chi connectivity index (χ0n) is 10.9. The number of nitrogen functional groups attached to an aromatic ring is 1. The van der Waals surface area contributed by atoms with E-state index in [0.29, 0.717) is 5.92 Å². The molecule has 1 aliphatic heterocycles. The number of likely N-dealkylation sites (tertiary alicyclic amines) is 1. The fraction of sp³-hybridized carbons (Fsp3) is 0.643. The first-order chi connectivity index (χ1) is 8.68. The minimum atomic E-state index is 0.179. The normalized spacial score (nSPS) is 23.2. The van der Waals surface area contributed by atoms with Crippen LogP contribution in [0, 0.1) is 0 Å². The Labute approximate surface area is 112 Å². The largest absolute Gasteiger partial charge is 0.390 e. The lowest BCUT2D eigenvalue weighted by molar-refractivity contribution is 0.0724. The van der Waals surface area contributed by atoms with Gasteiger partial charge in [0.1, 0.15) is 0 Å². The minimum Gasteiger partial charge on any atom is -0.390 e. The summed E-state index contributed by atoms with van der Waals surface area (Å²) in [6.07, 6.45) is 5.78. The Morgan fingerprint density at radius 3 is 2.78 bits per heavy atom. The number of rotatable bonds is 1. The third-order valence-electron chi connectivity index (χ3n) is 4.20. The maximum Gasteiger partial charge on any atom is 0.257 e. The van der Waals surface area contributed by atoms with Crippen molar-refractivity contribution in [3.05, 3.63) is 16.0 Å². The Hall–Kier alpha value is -1.03. The zero-order valence-corrected chi connectivity index (χ0v) is 11.7. The van der Waals surface area contributed by atoms with E-state index in [4.69, 9.17) is 5.73 Å². The molecule has 2 aliphatic rings. The van der Waals surface area contributed by atoms with Crippen molar-refractivity contribution < 1.29 is 4.79 Å². The molecule has 1 aromatic rings. The van der Waals surface area contributed by atoms with Crippen LogP contribution in [0.15, 0.2) is 0 Å². The lowest BCUT2D eigenvalue weighted by Gasteiger charge is -2.27. The number of aryl methyl sites for hydroxylation is 1. The van der Waals surface area contributed by atoms with Gasteiger partial charge in [-0.05, 0) is 43.6 Å². The van der Waals surface area contributed by atoms with Crippen LogP contribution in [-0.4, -0.2) is 23.9 Å². The smallest absolute Gasteiger partial charge is 0.257 e.